The van der Waals surface area contributed by atoms with Gasteiger partial charge in [0, 0.05) is 36.7 Å². The predicted octanol–water partition coefficient (Wildman–Crippen LogP) is 5.67. The van der Waals surface area contributed by atoms with Crippen molar-refractivity contribution < 1.29 is 14.6 Å². The number of hydrogen-bond acceptors (Lipinski definition) is 4. The average molecular weight is 442 g/mol. The van der Waals surface area contributed by atoms with Crippen LogP contribution in [0.2, 0.25) is 0 Å². The summed E-state index contributed by atoms with van der Waals surface area (Å²) >= 11 is 1.33. The van der Waals surface area contributed by atoms with Crippen molar-refractivity contribution in [3.05, 3.63) is 27.0 Å². The molecule has 4 nitrogen and oxygen atoms in total. The minimum Gasteiger partial charge on any atom is -0.477 e. The molecule has 1 saturated carbocycles. The van der Waals surface area contributed by atoms with Crippen molar-refractivity contribution in [3.8, 4) is 11.8 Å². The second-order valence-electron chi connectivity index (χ2n) is 10.2. The number of carboxylic acids is 1. The van der Waals surface area contributed by atoms with E-state index < -0.39 is 5.97 Å². The first-order valence-electron chi connectivity index (χ1n) is 11.8. The van der Waals surface area contributed by atoms with Crippen molar-refractivity contribution >= 4 is 22.9 Å². The Morgan fingerprint density at radius 1 is 1.23 bits per heavy atom. The van der Waals surface area contributed by atoms with Crippen molar-refractivity contribution in [2.45, 2.75) is 71.8 Å². The smallest absolute Gasteiger partial charge is 0.346 e. The maximum absolute atomic E-state index is 12.2. The van der Waals surface area contributed by atoms with Crippen LogP contribution in [-0.2, 0) is 4.74 Å². The third-order valence-corrected chi connectivity index (χ3v) is 7.79. The van der Waals surface area contributed by atoms with E-state index in [1.54, 1.807) is 0 Å². The number of carboxylic acid groups (broad SMARTS) is 1. The molecule has 168 valence electrons. The third kappa shape index (κ3) is 5.42. The maximum atomic E-state index is 12.2. The molecule has 1 N–H and O–H groups in total. The summed E-state index contributed by atoms with van der Waals surface area (Å²) in [6, 6.07) is 2.51. The van der Waals surface area contributed by atoms with E-state index in [-0.39, 0.29) is 5.41 Å². The van der Waals surface area contributed by atoms with Crippen molar-refractivity contribution in [2.75, 3.05) is 26.3 Å². The standard InChI is InChI=1S/C26H35NO3S/c1-26(2,3)12-9-20-15-22(24(31-20)25(28)29)23-16-27(19-11-14-30-17-19)13-10-21(23)18-7-5-4-6-8-18/h15,18-19H,4-8,10-11,13-14,16-17H2,1-3H3,(H,28,29). The molecule has 0 spiro atoms. The largest absolute Gasteiger partial charge is 0.477 e. The van der Waals surface area contributed by atoms with E-state index in [4.69, 9.17) is 4.74 Å². The van der Waals surface area contributed by atoms with Crippen LogP contribution in [0.5, 0.6) is 0 Å². The summed E-state index contributed by atoms with van der Waals surface area (Å²) in [5.74, 6) is 6.30. The molecule has 2 fully saturated rings. The zero-order valence-electron chi connectivity index (χ0n) is 19.1. The third-order valence-electron chi connectivity index (χ3n) is 6.75. The van der Waals surface area contributed by atoms with Gasteiger partial charge in [-0.3, -0.25) is 4.90 Å². The Hall–Kier alpha value is -1.61. The van der Waals surface area contributed by atoms with Crippen molar-refractivity contribution in [2.24, 2.45) is 11.3 Å². The lowest BCUT2D eigenvalue weighted by atomic mass is 9.77. The molecule has 4 rings (SSSR count). The molecule has 0 aromatic carbocycles. The molecule has 0 bridgehead atoms. The number of nitrogens with zero attached hydrogens (tertiary/aromatic N) is 1. The summed E-state index contributed by atoms with van der Waals surface area (Å²) in [6.07, 6.45) is 8.52. The normalized spacial score (nSPS) is 23.6. The van der Waals surface area contributed by atoms with Gasteiger partial charge in [0.25, 0.3) is 0 Å². The fraction of sp³-hybridized carbons (Fsp3) is 0.654. The lowest BCUT2D eigenvalue weighted by molar-refractivity contribution is 0.0701. The van der Waals surface area contributed by atoms with Gasteiger partial charge in [0.1, 0.15) is 4.88 Å². The van der Waals surface area contributed by atoms with Crippen LogP contribution in [-0.4, -0.2) is 48.3 Å². The van der Waals surface area contributed by atoms with E-state index in [0.29, 0.717) is 16.8 Å². The van der Waals surface area contributed by atoms with Crippen molar-refractivity contribution in [1.29, 1.82) is 0 Å². The lowest BCUT2D eigenvalue weighted by Gasteiger charge is -2.38. The van der Waals surface area contributed by atoms with Gasteiger partial charge in [0.2, 0.25) is 0 Å². The van der Waals surface area contributed by atoms with Gasteiger partial charge in [-0.25, -0.2) is 4.79 Å². The van der Waals surface area contributed by atoms with Gasteiger partial charge in [-0.2, -0.15) is 0 Å². The Labute approximate surface area is 190 Å². The Morgan fingerprint density at radius 3 is 2.65 bits per heavy atom. The topological polar surface area (TPSA) is 49.8 Å². The number of rotatable bonds is 4. The molecule has 1 aromatic rings. The van der Waals surface area contributed by atoms with Gasteiger partial charge >= 0.3 is 5.97 Å². The molecule has 1 aliphatic carbocycles. The molecule has 3 aliphatic rings. The molecule has 2 aliphatic heterocycles. The van der Waals surface area contributed by atoms with Crippen LogP contribution in [0.4, 0.5) is 0 Å². The molecule has 0 radical (unpaired) electrons. The highest BCUT2D eigenvalue weighted by Crippen LogP contribution is 2.41. The van der Waals surface area contributed by atoms with Crippen LogP contribution in [0.25, 0.3) is 5.57 Å². The van der Waals surface area contributed by atoms with Gasteiger partial charge in [-0.15, -0.1) is 11.3 Å². The number of ether oxygens (including phenoxy) is 1. The van der Waals surface area contributed by atoms with E-state index in [1.807, 2.05) is 0 Å². The van der Waals surface area contributed by atoms with Gasteiger partial charge < -0.3 is 9.84 Å². The molecular formula is C26H35NO3S. The zero-order chi connectivity index (χ0) is 22.0. The highest BCUT2D eigenvalue weighted by molar-refractivity contribution is 7.14. The van der Waals surface area contributed by atoms with E-state index in [1.165, 1.54) is 54.6 Å². The van der Waals surface area contributed by atoms with Crippen LogP contribution in [0.1, 0.15) is 85.8 Å². The van der Waals surface area contributed by atoms with E-state index in [0.717, 1.165) is 49.6 Å². The van der Waals surface area contributed by atoms with Crippen LogP contribution >= 0.6 is 11.3 Å². The molecule has 31 heavy (non-hydrogen) atoms. The predicted molar refractivity (Wildman–Crippen MR) is 127 cm³/mol. The Kier molecular flexibility index (Phi) is 6.91. The van der Waals surface area contributed by atoms with Crippen LogP contribution < -0.4 is 0 Å². The monoisotopic (exact) mass is 441 g/mol. The van der Waals surface area contributed by atoms with Gasteiger partial charge in [0.15, 0.2) is 0 Å². The molecule has 1 unspecified atom stereocenters. The number of carbonyl (C=O) groups is 1. The second kappa shape index (κ2) is 9.48. The van der Waals surface area contributed by atoms with Crippen molar-refractivity contribution in [1.82, 2.24) is 4.90 Å². The number of aromatic carboxylic acids is 1. The molecule has 1 aromatic heterocycles. The summed E-state index contributed by atoms with van der Waals surface area (Å²) in [5, 5.41) is 10.0. The minimum atomic E-state index is -0.833. The van der Waals surface area contributed by atoms with Crippen LogP contribution in [0.3, 0.4) is 0 Å². The summed E-state index contributed by atoms with van der Waals surface area (Å²) in [6.45, 7) is 9.78. The SMILES string of the molecule is CC(C)(C)C#Cc1cc(C2=C(C3CCCCC3)CCN(C3CCOC3)C2)c(C(=O)O)s1. The molecule has 5 heteroatoms. The summed E-state index contributed by atoms with van der Waals surface area (Å²) in [5.41, 5.74) is 3.59. The van der Waals surface area contributed by atoms with Crippen molar-refractivity contribution in [3.63, 3.8) is 0 Å². The molecular weight excluding hydrogens is 406 g/mol. The molecule has 1 atom stereocenters. The molecule has 1 saturated heterocycles. The quantitative estimate of drug-likeness (QED) is 0.612. The number of hydrogen-bond donors (Lipinski definition) is 1. The van der Waals surface area contributed by atoms with Gasteiger partial charge in [-0.1, -0.05) is 36.7 Å². The Bertz CT molecular complexity index is 899. The lowest BCUT2D eigenvalue weighted by Crippen LogP contribution is -2.41. The first-order valence-corrected chi connectivity index (χ1v) is 12.6. The zero-order valence-corrected chi connectivity index (χ0v) is 19.9. The van der Waals surface area contributed by atoms with E-state index in [9.17, 15) is 9.90 Å². The summed E-state index contributed by atoms with van der Waals surface area (Å²) in [4.78, 5) is 16.0. The fourth-order valence-electron chi connectivity index (χ4n) is 5.16. The Balaban J connectivity index is 1.75. The fourth-order valence-corrected chi connectivity index (χ4v) is 6.04. The van der Waals surface area contributed by atoms with Gasteiger partial charge in [0.05, 0.1) is 11.5 Å². The van der Waals surface area contributed by atoms with E-state index in [2.05, 4.69) is 43.6 Å². The molecule has 0 amide bonds. The van der Waals surface area contributed by atoms with Gasteiger partial charge in [-0.05, 0) is 64.0 Å². The highest BCUT2D eigenvalue weighted by Gasteiger charge is 2.33. The van der Waals surface area contributed by atoms with E-state index >= 15 is 0 Å². The average Bonchev–Trinajstić information content (AvgIpc) is 3.42. The minimum absolute atomic E-state index is 0.107. The summed E-state index contributed by atoms with van der Waals surface area (Å²) < 4.78 is 5.66. The van der Waals surface area contributed by atoms with Crippen LogP contribution in [0.15, 0.2) is 11.6 Å². The first-order chi connectivity index (χ1) is 14.8. The highest BCUT2D eigenvalue weighted by atomic mass is 32.1. The molecule has 3 heterocycles. The second-order valence-corrected chi connectivity index (χ2v) is 11.3. The Morgan fingerprint density at radius 2 is 2.00 bits per heavy atom. The maximum Gasteiger partial charge on any atom is 0.346 e. The summed E-state index contributed by atoms with van der Waals surface area (Å²) in [7, 11) is 0. The first kappa shape index (κ1) is 22.6. The van der Waals surface area contributed by atoms with Crippen LogP contribution in [0, 0.1) is 23.2 Å². The number of thiophene rings is 1.